The normalized spacial score (nSPS) is 14.3. The van der Waals surface area contributed by atoms with Gasteiger partial charge in [0.15, 0.2) is 21.3 Å². The third-order valence-electron chi connectivity index (χ3n) is 3.93. The number of rotatable bonds is 8. The van der Waals surface area contributed by atoms with E-state index in [0.29, 0.717) is 11.5 Å². The SMILES string of the molecule is COc1cc([C@H](C)NC(=O)[C@H](C)S(=O)(=O)C(C)C)ccc1OC(C)C. The molecule has 142 valence electrons. The molecule has 25 heavy (non-hydrogen) atoms. The molecular weight excluding hydrogens is 342 g/mol. The van der Waals surface area contributed by atoms with Gasteiger partial charge in [-0.25, -0.2) is 8.42 Å². The van der Waals surface area contributed by atoms with Crippen LogP contribution < -0.4 is 14.8 Å². The number of ether oxygens (including phenoxy) is 2. The molecule has 0 aliphatic heterocycles. The summed E-state index contributed by atoms with van der Waals surface area (Å²) in [6.45, 7) is 10.2. The number of methoxy groups -OCH3 is 1. The molecule has 1 aromatic rings. The van der Waals surface area contributed by atoms with Crippen molar-refractivity contribution < 1.29 is 22.7 Å². The van der Waals surface area contributed by atoms with Crippen molar-refractivity contribution in [1.29, 1.82) is 0 Å². The molecule has 2 atom stereocenters. The minimum Gasteiger partial charge on any atom is -0.493 e. The Labute approximate surface area is 150 Å². The first-order chi connectivity index (χ1) is 11.5. The zero-order chi connectivity index (χ0) is 19.4. The van der Waals surface area contributed by atoms with E-state index in [9.17, 15) is 13.2 Å². The van der Waals surface area contributed by atoms with Gasteiger partial charge in [0.1, 0.15) is 5.25 Å². The molecule has 0 saturated carbocycles. The van der Waals surface area contributed by atoms with Gasteiger partial charge < -0.3 is 14.8 Å². The van der Waals surface area contributed by atoms with Crippen molar-refractivity contribution >= 4 is 15.7 Å². The van der Waals surface area contributed by atoms with E-state index in [1.54, 1.807) is 40.0 Å². The van der Waals surface area contributed by atoms with Crippen LogP contribution in [0.25, 0.3) is 0 Å². The first-order valence-electron chi connectivity index (χ1n) is 8.38. The van der Waals surface area contributed by atoms with Gasteiger partial charge in [0, 0.05) is 0 Å². The van der Waals surface area contributed by atoms with Gasteiger partial charge in [-0.2, -0.15) is 0 Å². The van der Waals surface area contributed by atoms with Crippen LogP contribution in [0.4, 0.5) is 0 Å². The lowest BCUT2D eigenvalue weighted by molar-refractivity contribution is -0.121. The molecule has 0 aliphatic carbocycles. The molecule has 0 spiro atoms. The van der Waals surface area contributed by atoms with Crippen molar-refractivity contribution in [3.05, 3.63) is 23.8 Å². The number of nitrogens with one attached hydrogen (secondary N) is 1. The molecule has 1 aromatic carbocycles. The third-order valence-corrected chi connectivity index (χ3v) is 6.44. The summed E-state index contributed by atoms with van der Waals surface area (Å²) in [5, 5.41) is 1.06. The fourth-order valence-corrected chi connectivity index (χ4v) is 3.46. The molecule has 0 aromatic heterocycles. The zero-order valence-corrected chi connectivity index (χ0v) is 16.8. The molecule has 0 saturated heterocycles. The molecule has 0 radical (unpaired) electrons. The molecule has 0 fully saturated rings. The number of amides is 1. The second-order valence-corrected chi connectivity index (χ2v) is 9.42. The molecular formula is C18H29NO5S. The summed E-state index contributed by atoms with van der Waals surface area (Å²) in [6, 6.07) is 5.03. The van der Waals surface area contributed by atoms with Gasteiger partial charge in [0.05, 0.1) is 24.5 Å². The van der Waals surface area contributed by atoms with E-state index in [1.165, 1.54) is 6.92 Å². The van der Waals surface area contributed by atoms with Crippen molar-refractivity contribution in [3.63, 3.8) is 0 Å². The minimum atomic E-state index is -3.49. The monoisotopic (exact) mass is 371 g/mol. The van der Waals surface area contributed by atoms with E-state index in [-0.39, 0.29) is 12.1 Å². The Morgan fingerprint density at radius 2 is 1.64 bits per heavy atom. The van der Waals surface area contributed by atoms with Crippen LogP contribution >= 0.6 is 0 Å². The van der Waals surface area contributed by atoms with Crippen LogP contribution in [0.1, 0.15) is 53.1 Å². The quantitative estimate of drug-likeness (QED) is 0.760. The van der Waals surface area contributed by atoms with Gasteiger partial charge in [-0.3, -0.25) is 4.79 Å². The van der Waals surface area contributed by atoms with E-state index in [4.69, 9.17) is 9.47 Å². The summed E-state index contributed by atoms with van der Waals surface area (Å²) in [7, 11) is -1.95. The number of hydrogen-bond donors (Lipinski definition) is 1. The van der Waals surface area contributed by atoms with Gasteiger partial charge in [0.25, 0.3) is 0 Å². The summed E-state index contributed by atoms with van der Waals surface area (Å²) in [5.41, 5.74) is 0.801. The number of hydrogen-bond acceptors (Lipinski definition) is 5. The molecule has 6 nitrogen and oxygen atoms in total. The fraction of sp³-hybridized carbons (Fsp3) is 0.611. The van der Waals surface area contributed by atoms with E-state index < -0.39 is 26.2 Å². The predicted molar refractivity (Wildman–Crippen MR) is 98.8 cm³/mol. The highest BCUT2D eigenvalue weighted by molar-refractivity contribution is 7.93. The fourth-order valence-electron chi connectivity index (χ4n) is 2.28. The number of benzene rings is 1. The Bertz CT molecular complexity index is 697. The van der Waals surface area contributed by atoms with Crippen LogP contribution in [0.2, 0.25) is 0 Å². The van der Waals surface area contributed by atoms with Crippen molar-refractivity contribution in [2.24, 2.45) is 0 Å². The Morgan fingerprint density at radius 1 is 1.04 bits per heavy atom. The van der Waals surface area contributed by atoms with E-state index in [1.807, 2.05) is 19.9 Å². The smallest absolute Gasteiger partial charge is 0.238 e. The molecule has 1 rings (SSSR count). The molecule has 0 heterocycles. The molecule has 1 amide bonds. The van der Waals surface area contributed by atoms with E-state index >= 15 is 0 Å². The highest BCUT2D eigenvalue weighted by atomic mass is 32.2. The van der Waals surface area contributed by atoms with Gasteiger partial charge in [-0.1, -0.05) is 6.07 Å². The van der Waals surface area contributed by atoms with Crippen molar-refractivity contribution in [3.8, 4) is 11.5 Å². The average molecular weight is 371 g/mol. The maximum Gasteiger partial charge on any atom is 0.238 e. The Morgan fingerprint density at radius 3 is 2.12 bits per heavy atom. The lowest BCUT2D eigenvalue weighted by Gasteiger charge is -2.21. The summed E-state index contributed by atoms with van der Waals surface area (Å²) >= 11 is 0. The number of carbonyl (C=O) groups excluding carboxylic acids is 1. The van der Waals surface area contributed by atoms with E-state index in [2.05, 4.69) is 5.32 Å². The topological polar surface area (TPSA) is 81.7 Å². The number of sulfone groups is 1. The summed E-state index contributed by atoms with van der Waals surface area (Å²) in [5.74, 6) is 0.674. The van der Waals surface area contributed by atoms with Gasteiger partial charge >= 0.3 is 0 Å². The van der Waals surface area contributed by atoms with Gasteiger partial charge in [-0.15, -0.1) is 0 Å². The van der Waals surface area contributed by atoms with Crippen LogP contribution in [-0.4, -0.2) is 38.0 Å². The van der Waals surface area contributed by atoms with Crippen LogP contribution in [0, 0.1) is 0 Å². The highest BCUT2D eigenvalue weighted by Crippen LogP contribution is 2.31. The Hall–Kier alpha value is -1.76. The lowest BCUT2D eigenvalue weighted by atomic mass is 10.1. The molecule has 0 unspecified atom stereocenters. The van der Waals surface area contributed by atoms with Crippen molar-refractivity contribution in [2.45, 2.75) is 64.2 Å². The Kier molecular flexibility index (Phi) is 7.29. The maximum atomic E-state index is 12.3. The van der Waals surface area contributed by atoms with Gasteiger partial charge in [0.2, 0.25) is 5.91 Å². The maximum absolute atomic E-state index is 12.3. The van der Waals surface area contributed by atoms with Crippen molar-refractivity contribution in [2.75, 3.05) is 7.11 Å². The summed E-state index contributed by atoms with van der Waals surface area (Å²) in [6.07, 6.45) is 0.0129. The highest BCUT2D eigenvalue weighted by Gasteiger charge is 2.31. The standard InChI is InChI=1S/C18H29NO5S/c1-11(2)24-16-9-8-15(10-17(16)23-7)13(5)19-18(20)14(6)25(21,22)12(3)4/h8-14H,1-7H3,(H,19,20)/t13-,14-/m0/s1. The predicted octanol–water partition coefficient (Wildman–Crippen LogP) is 2.87. The summed E-state index contributed by atoms with van der Waals surface area (Å²) in [4.78, 5) is 12.3. The Balaban J connectivity index is 2.94. The van der Waals surface area contributed by atoms with Crippen LogP contribution in [-0.2, 0) is 14.6 Å². The zero-order valence-electron chi connectivity index (χ0n) is 16.0. The molecule has 0 aliphatic rings. The lowest BCUT2D eigenvalue weighted by Crippen LogP contribution is -2.41. The van der Waals surface area contributed by atoms with Crippen LogP contribution in [0.3, 0.4) is 0 Å². The molecule has 7 heteroatoms. The van der Waals surface area contributed by atoms with Crippen molar-refractivity contribution in [1.82, 2.24) is 5.32 Å². The minimum absolute atomic E-state index is 0.0129. The first kappa shape index (κ1) is 21.3. The third kappa shape index (κ3) is 5.36. The molecule has 1 N–H and O–H groups in total. The second kappa shape index (κ2) is 8.56. The van der Waals surface area contributed by atoms with Crippen LogP contribution in [0.15, 0.2) is 18.2 Å². The van der Waals surface area contributed by atoms with E-state index in [0.717, 1.165) is 5.56 Å². The second-order valence-electron chi connectivity index (χ2n) is 6.59. The molecule has 0 bridgehead atoms. The number of carbonyl (C=O) groups is 1. The van der Waals surface area contributed by atoms with Gasteiger partial charge in [-0.05, 0) is 59.2 Å². The summed E-state index contributed by atoms with van der Waals surface area (Å²) < 4.78 is 35.3. The average Bonchev–Trinajstić information content (AvgIpc) is 2.53. The largest absolute Gasteiger partial charge is 0.493 e. The van der Waals surface area contributed by atoms with Crippen LogP contribution in [0.5, 0.6) is 11.5 Å². The first-order valence-corrected chi connectivity index (χ1v) is 9.99.